The van der Waals surface area contributed by atoms with Crippen LogP contribution in [0.3, 0.4) is 0 Å². The van der Waals surface area contributed by atoms with Crippen molar-refractivity contribution in [2.45, 2.75) is 38.1 Å². The van der Waals surface area contributed by atoms with Gasteiger partial charge in [-0.1, -0.05) is 12.8 Å². The third-order valence-electron chi connectivity index (χ3n) is 5.85. The number of benzene rings is 1. The molecule has 2 aliphatic rings. The first-order valence-electron chi connectivity index (χ1n) is 10.7. The lowest BCUT2D eigenvalue weighted by Gasteiger charge is -2.29. The third-order valence-corrected chi connectivity index (χ3v) is 7.54. The number of amides is 2. The van der Waals surface area contributed by atoms with Crippen LogP contribution >= 0.6 is 0 Å². The monoisotopic (exact) mass is 445 g/mol. The van der Waals surface area contributed by atoms with Gasteiger partial charge in [-0.15, -0.1) is 0 Å². The largest absolute Gasteiger partial charge is 0.468 e. The van der Waals surface area contributed by atoms with Crippen LogP contribution in [-0.4, -0.2) is 50.5 Å². The van der Waals surface area contributed by atoms with Crippen LogP contribution in [0.15, 0.2) is 47.1 Å². The Hall–Kier alpha value is -2.65. The van der Waals surface area contributed by atoms with E-state index in [1.165, 1.54) is 25.0 Å². The van der Waals surface area contributed by atoms with Gasteiger partial charge in [-0.05, 0) is 62.3 Å². The quantitative estimate of drug-likeness (QED) is 0.734. The summed E-state index contributed by atoms with van der Waals surface area (Å²) in [5.74, 6) is -0.0570. The number of rotatable bonds is 6. The molecule has 1 aromatic carbocycles. The van der Waals surface area contributed by atoms with E-state index in [1.54, 1.807) is 18.4 Å². The van der Waals surface area contributed by atoms with Gasteiger partial charge in [-0.3, -0.25) is 14.5 Å². The lowest BCUT2D eigenvalue weighted by molar-refractivity contribution is -0.116. The van der Waals surface area contributed by atoms with Gasteiger partial charge in [0.1, 0.15) is 5.76 Å². The summed E-state index contributed by atoms with van der Waals surface area (Å²) >= 11 is 0. The number of furan rings is 1. The minimum absolute atomic E-state index is 0.0186. The van der Waals surface area contributed by atoms with Crippen LogP contribution in [0.1, 0.15) is 54.3 Å². The molecule has 0 radical (unpaired) electrons. The zero-order valence-electron chi connectivity index (χ0n) is 17.3. The highest BCUT2D eigenvalue weighted by Gasteiger charge is 2.36. The van der Waals surface area contributed by atoms with Gasteiger partial charge in [-0.2, -0.15) is 0 Å². The van der Waals surface area contributed by atoms with E-state index in [-0.39, 0.29) is 29.8 Å². The predicted octanol–water partition coefficient (Wildman–Crippen LogP) is 2.69. The van der Waals surface area contributed by atoms with Crippen molar-refractivity contribution in [2.75, 3.05) is 29.7 Å². The van der Waals surface area contributed by atoms with Crippen molar-refractivity contribution in [1.29, 1.82) is 0 Å². The van der Waals surface area contributed by atoms with Gasteiger partial charge in [-0.25, -0.2) is 12.7 Å². The van der Waals surface area contributed by atoms with E-state index in [2.05, 4.69) is 10.2 Å². The van der Waals surface area contributed by atoms with Gasteiger partial charge in [0.05, 0.1) is 23.7 Å². The number of hydrogen-bond acceptors (Lipinski definition) is 6. The molecule has 1 atom stereocenters. The molecule has 0 aliphatic carbocycles. The first kappa shape index (κ1) is 21.6. The Morgan fingerprint density at radius 1 is 1.06 bits per heavy atom. The normalized spacial score (nSPS) is 20.4. The van der Waals surface area contributed by atoms with Crippen LogP contribution in [0.4, 0.5) is 5.69 Å². The molecule has 4 rings (SSSR count). The average Bonchev–Trinajstić information content (AvgIpc) is 3.28. The summed E-state index contributed by atoms with van der Waals surface area (Å²) in [6.07, 6.45) is 6.32. The molecule has 0 unspecified atom stereocenters. The summed E-state index contributed by atoms with van der Waals surface area (Å²) < 4.78 is 30.6. The zero-order chi connectivity index (χ0) is 21.8. The number of anilines is 1. The molecule has 2 aliphatic heterocycles. The molecule has 31 heavy (non-hydrogen) atoms. The van der Waals surface area contributed by atoms with Gasteiger partial charge in [0.2, 0.25) is 15.9 Å². The second-order valence-corrected chi connectivity index (χ2v) is 9.90. The number of nitrogens with one attached hydrogen (secondary N) is 1. The standard InChI is InChI=1S/C22H27N3O5S/c26-21-11-15-31(28,29)25(21)18-9-7-17(8-10-18)22(27)23-16-19(20-6-5-14-30-20)24-12-3-1-2-4-13-24/h5-10,14,19H,1-4,11-13,15-16H2,(H,23,27)/t19-/m1/s1. The molecule has 1 aromatic heterocycles. The maximum atomic E-state index is 12.7. The number of likely N-dealkylation sites (tertiary alicyclic amines) is 1. The Balaban J connectivity index is 1.44. The molecule has 0 bridgehead atoms. The Morgan fingerprint density at radius 3 is 2.35 bits per heavy atom. The second kappa shape index (κ2) is 9.23. The molecular weight excluding hydrogens is 418 g/mol. The van der Waals surface area contributed by atoms with Crippen molar-refractivity contribution in [3.05, 3.63) is 54.0 Å². The molecule has 8 nitrogen and oxygen atoms in total. The first-order chi connectivity index (χ1) is 15.0. The van der Waals surface area contributed by atoms with Crippen molar-refractivity contribution in [3.8, 4) is 0 Å². The van der Waals surface area contributed by atoms with E-state index < -0.39 is 15.9 Å². The fraction of sp³-hybridized carbons (Fsp3) is 0.455. The lowest BCUT2D eigenvalue weighted by atomic mass is 10.1. The summed E-state index contributed by atoms with van der Waals surface area (Å²) in [4.78, 5) is 27.0. The van der Waals surface area contributed by atoms with Gasteiger partial charge in [0, 0.05) is 18.5 Å². The van der Waals surface area contributed by atoms with E-state index in [0.717, 1.165) is 36.0 Å². The second-order valence-electron chi connectivity index (χ2n) is 7.96. The Kier molecular flexibility index (Phi) is 6.43. The van der Waals surface area contributed by atoms with Crippen LogP contribution in [0, 0.1) is 0 Å². The van der Waals surface area contributed by atoms with E-state index in [4.69, 9.17) is 4.42 Å². The maximum Gasteiger partial charge on any atom is 0.251 e. The molecule has 2 saturated heterocycles. The van der Waals surface area contributed by atoms with Crippen LogP contribution in [-0.2, 0) is 14.8 Å². The molecule has 0 saturated carbocycles. The predicted molar refractivity (Wildman–Crippen MR) is 116 cm³/mol. The zero-order valence-corrected chi connectivity index (χ0v) is 18.1. The number of nitrogens with zero attached hydrogens (tertiary/aromatic N) is 2. The lowest BCUT2D eigenvalue weighted by Crippen LogP contribution is -2.38. The summed E-state index contributed by atoms with van der Waals surface area (Å²) in [5.41, 5.74) is 0.666. The van der Waals surface area contributed by atoms with Crippen molar-refractivity contribution in [2.24, 2.45) is 0 Å². The van der Waals surface area contributed by atoms with Gasteiger partial charge in [0.15, 0.2) is 0 Å². The summed E-state index contributed by atoms with van der Waals surface area (Å²) in [7, 11) is -3.62. The Morgan fingerprint density at radius 2 is 1.77 bits per heavy atom. The average molecular weight is 446 g/mol. The summed E-state index contributed by atoms with van der Waals surface area (Å²) in [6.45, 7) is 2.34. The fourth-order valence-corrected chi connectivity index (χ4v) is 5.67. The van der Waals surface area contributed by atoms with Crippen LogP contribution < -0.4 is 9.62 Å². The van der Waals surface area contributed by atoms with Crippen molar-refractivity contribution < 1.29 is 22.4 Å². The Bertz CT molecular complexity index is 1010. The number of hydrogen-bond donors (Lipinski definition) is 1. The minimum atomic E-state index is -3.62. The molecule has 0 spiro atoms. The smallest absolute Gasteiger partial charge is 0.251 e. The number of carbonyl (C=O) groups excluding carboxylic acids is 2. The first-order valence-corrected chi connectivity index (χ1v) is 12.3. The molecule has 9 heteroatoms. The van der Waals surface area contributed by atoms with E-state index >= 15 is 0 Å². The molecule has 3 heterocycles. The Labute approximate surface area is 182 Å². The van der Waals surface area contributed by atoms with Gasteiger partial charge in [0.25, 0.3) is 5.91 Å². The fourth-order valence-electron chi connectivity index (χ4n) is 4.21. The number of carbonyl (C=O) groups is 2. The van der Waals surface area contributed by atoms with Crippen LogP contribution in [0.25, 0.3) is 0 Å². The molecule has 1 N–H and O–H groups in total. The molecule has 2 fully saturated rings. The molecular formula is C22H27N3O5S. The third kappa shape index (κ3) is 4.83. The van der Waals surface area contributed by atoms with E-state index in [0.29, 0.717) is 12.1 Å². The maximum absolute atomic E-state index is 12.7. The van der Waals surface area contributed by atoms with E-state index in [1.807, 2.05) is 12.1 Å². The highest BCUT2D eigenvalue weighted by atomic mass is 32.2. The molecule has 2 aromatic rings. The van der Waals surface area contributed by atoms with E-state index in [9.17, 15) is 18.0 Å². The van der Waals surface area contributed by atoms with Gasteiger partial charge < -0.3 is 9.73 Å². The van der Waals surface area contributed by atoms with Crippen molar-refractivity contribution in [3.63, 3.8) is 0 Å². The summed E-state index contributed by atoms with van der Waals surface area (Å²) in [5, 5.41) is 2.98. The minimum Gasteiger partial charge on any atom is -0.468 e. The molecule has 2 amide bonds. The highest BCUT2D eigenvalue weighted by molar-refractivity contribution is 7.94. The topological polar surface area (TPSA) is 99.9 Å². The molecule has 166 valence electrons. The van der Waals surface area contributed by atoms with Crippen molar-refractivity contribution in [1.82, 2.24) is 10.2 Å². The van der Waals surface area contributed by atoms with Crippen LogP contribution in [0.5, 0.6) is 0 Å². The number of sulfonamides is 1. The SMILES string of the molecule is O=C(NC[C@H](c1ccco1)N1CCCCCC1)c1ccc(N2C(=O)CCS2(=O)=O)cc1. The van der Waals surface area contributed by atoms with Gasteiger partial charge >= 0.3 is 0 Å². The van der Waals surface area contributed by atoms with Crippen LogP contribution in [0.2, 0.25) is 0 Å². The van der Waals surface area contributed by atoms with Crippen molar-refractivity contribution >= 4 is 27.5 Å². The summed E-state index contributed by atoms with van der Waals surface area (Å²) in [6, 6.07) is 9.82. The highest BCUT2D eigenvalue weighted by Crippen LogP contribution is 2.26.